The monoisotopic (exact) mass is 325 g/mol. The number of nitrogens with zero attached hydrogens (tertiary/aromatic N) is 2. The second-order valence-corrected chi connectivity index (χ2v) is 6.99. The fourth-order valence-corrected chi connectivity index (χ4v) is 3.23. The van der Waals surface area contributed by atoms with Gasteiger partial charge in [-0.15, -0.1) is 0 Å². The van der Waals surface area contributed by atoms with Gasteiger partial charge in [-0.05, 0) is 54.4 Å². The van der Waals surface area contributed by atoms with Crippen LogP contribution in [0.3, 0.4) is 0 Å². The first-order chi connectivity index (χ1) is 8.91. The van der Waals surface area contributed by atoms with Gasteiger partial charge in [-0.2, -0.15) is 0 Å². The molecule has 0 saturated carbocycles. The molecule has 19 heavy (non-hydrogen) atoms. The van der Waals surface area contributed by atoms with Gasteiger partial charge < -0.3 is 10.6 Å². The van der Waals surface area contributed by atoms with Crippen molar-refractivity contribution in [1.82, 2.24) is 4.90 Å². The van der Waals surface area contributed by atoms with Crippen LogP contribution in [0.5, 0.6) is 0 Å². The molecule has 0 atom stereocenters. The molecule has 1 saturated heterocycles. The molecular formula is C15H24BrN3. The third kappa shape index (κ3) is 3.50. The van der Waals surface area contributed by atoms with Crippen LogP contribution in [-0.4, -0.2) is 36.6 Å². The van der Waals surface area contributed by atoms with Crippen LogP contribution in [0.2, 0.25) is 0 Å². The first kappa shape index (κ1) is 14.8. The molecule has 4 heteroatoms. The van der Waals surface area contributed by atoms with Gasteiger partial charge in [0.25, 0.3) is 0 Å². The van der Waals surface area contributed by atoms with Gasteiger partial charge in [-0.1, -0.05) is 6.07 Å². The maximum Gasteiger partial charge on any atom is 0.0511 e. The molecule has 1 heterocycles. The zero-order valence-electron chi connectivity index (χ0n) is 12.1. The number of anilines is 1. The van der Waals surface area contributed by atoms with Gasteiger partial charge in [0.05, 0.1) is 5.69 Å². The van der Waals surface area contributed by atoms with E-state index in [-0.39, 0.29) is 5.54 Å². The third-order valence-electron chi connectivity index (χ3n) is 3.82. The summed E-state index contributed by atoms with van der Waals surface area (Å²) in [5, 5.41) is 0. The molecule has 0 radical (unpaired) electrons. The van der Waals surface area contributed by atoms with E-state index in [9.17, 15) is 0 Å². The van der Waals surface area contributed by atoms with Crippen molar-refractivity contribution in [3.63, 3.8) is 0 Å². The van der Waals surface area contributed by atoms with Crippen LogP contribution < -0.4 is 10.6 Å². The summed E-state index contributed by atoms with van der Waals surface area (Å²) in [5.41, 5.74) is 8.40. The summed E-state index contributed by atoms with van der Waals surface area (Å²) in [6.07, 6.45) is 0. The molecule has 1 fully saturated rings. The zero-order valence-corrected chi connectivity index (χ0v) is 13.7. The lowest BCUT2D eigenvalue weighted by atomic mass is 10.0. The molecular weight excluding hydrogens is 302 g/mol. The van der Waals surface area contributed by atoms with Crippen LogP contribution in [0.1, 0.15) is 26.3 Å². The van der Waals surface area contributed by atoms with Gasteiger partial charge in [0.1, 0.15) is 0 Å². The normalized spacial score (nSPS) is 17.8. The molecule has 0 unspecified atom stereocenters. The van der Waals surface area contributed by atoms with Gasteiger partial charge in [-0.25, -0.2) is 0 Å². The maximum atomic E-state index is 5.67. The van der Waals surface area contributed by atoms with Gasteiger partial charge in [0.15, 0.2) is 0 Å². The van der Waals surface area contributed by atoms with E-state index >= 15 is 0 Å². The van der Waals surface area contributed by atoms with E-state index in [1.54, 1.807) is 0 Å². The van der Waals surface area contributed by atoms with Crippen LogP contribution in [-0.2, 0) is 6.54 Å². The van der Waals surface area contributed by atoms with Crippen LogP contribution in [0.4, 0.5) is 5.69 Å². The minimum atomic E-state index is 0.271. The number of halogens is 1. The number of piperazine rings is 1. The molecule has 2 rings (SSSR count). The average molecular weight is 326 g/mol. The lowest BCUT2D eigenvalue weighted by Crippen LogP contribution is -2.53. The predicted octanol–water partition coefficient (Wildman–Crippen LogP) is 2.83. The Kier molecular flexibility index (Phi) is 4.54. The summed E-state index contributed by atoms with van der Waals surface area (Å²) in [6.45, 7) is 11.9. The Morgan fingerprint density at radius 2 is 1.79 bits per heavy atom. The highest BCUT2D eigenvalue weighted by Crippen LogP contribution is 2.29. The van der Waals surface area contributed by atoms with Gasteiger partial charge in [0.2, 0.25) is 0 Å². The summed E-state index contributed by atoms with van der Waals surface area (Å²) in [5.74, 6) is 0. The second-order valence-electron chi connectivity index (χ2n) is 6.13. The Morgan fingerprint density at radius 3 is 2.26 bits per heavy atom. The Hall–Kier alpha value is -0.580. The number of hydrogen-bond donors (Lipinski definition) is 1. The molecule has 1 aliphatic heterocycles. The summed E-state index contributed by atoms with van der Waals surface area (Å²) < 4.78 is 1.15. The van der Waals surface area contributed by atoms with Crippen molar-refractivity contribution in [3.05, 3.63) is 28.2 Å². The largest absolute Gasteiger partial charge is 0.368 e. The highest BCUT2D eigenvalue weighted by Gasteiger charge is 2.26. The fraction of sp³-hybridized carbons (Fsp3) is 0.600. The molecule has 0 aliphatic carbocycles. The minimum absolute atomic E-state index is 0.271. The van der Waals surface area contributed by atoms with Crippen LogP contribution >= 0.6 is 15.9 Å². The van der Waals surface area contributed by atoms with Crippen molar-refractivity contribution in [3.8, 4) is 0 Å². The molecule has 1 aromatic carbocycles. The third-order valence-corrected chi connectivity index (χ3v) is 4.45. The number of nitrogens with two attached hydrogens (primary N) is 1. The quantitative estimate of drug-likeness (QED) is 0.907. The van der Waals surface area contributed by atoms with E-state index in [4.69, 9.17) is 5.73 Å². The molecule has 3 nitrogen and oxygen atoms in total. The first-order valence-corrected chi connectivity index (χ1v) is 7.69. The average Bonchev–Trinajstić information content (AvgIpc) is 2.37. The highest BCUT2D eigenvalue weighted by atomic mass is 79.9. The van der Waals surface area contributed by atoms with Crippen LogP contribution in [0.25, 0.3) is 0 Å². The van der Waals surface area contributed by atoms with E-state index in [2.05, 4.69) is 64.7 Å². The molecule has 0 spiro atoms. The van der Waals surface area contributed by atoms with Crippen LogP contribution in [0.15, 0.2) is 22.7 Å². The van der Waals surface area contributed by atoms with Crippen molar-refractivity contribution < 1.29 is 0 Å². The zero-order chi connectivity index (χ0) is 14.0. The van der Waals surface area contributed by atoms with Crippen molar-refractivity contribution >= 4 is 21.6 Å². The Labute approximate surface area is 124 Å². The lowest BCUT2D eigenvalue weighted by Gasteiger charge is -2.43. The van der Waals surface area contributed by atoms with Crippen molar-refractivity contribution in [2.24, 2.45) is 5.73 Å². The SMILES string of the molecule is CC(C)(C)N1CCN(c2ccc(CN)cc2Br)CC1. The number of hydrogen-bond acceptors (Lipinski definition) is 3. The summed E-state index contributed by atoms with van der Waals surface area (Å²) in [7, 11) is 0. The molecule has 106 valence electrons. The van der Waals surface area contributed by atoms with E-state index in [1.807, 2.05) is 0 Å². The molecule has 2 N–H and O–H groups in total. The fourth-order valence-electron chi connectivity index (χ4n) is 2.55. The topological polar surface area (TPSA) is 32.5 Å². The van der Waals surface area contributed by atoms with E-state index in [1.165, 1.54) is 11.3 Å². The van der Waals surface area contributed by atoms with Gasteiger partial charge in [0, 0.05) is 42.7 Å². The van der Waals surface area contributed by atoms with Crippen molar-refractivity contribution in [1.29, 1.82) is 0 Å². The molecule has 1 aliphatic rings. The summed E-state index contributed by atoms with van der Waals surface area (Å²) >= 11 is 3.67. The smallest absolute Gasteiger partial charge is 0.0511 e. The van der Waals surface area contributed by atoms with E-state index in [0.717, 1.165) is 30.7 Å². The number of rotatable bonds is 2. The Morgan fingerprint density at radius 1 is 1.16 bits per heavy atom. The van der Waals surface area contributed by atoms with Gasteiger partial charge >= 0.3 is 0 Å². The van der Waals surface area contributed by atoms with Gasteiger partial charge in [-0.3, -0.25) is 4.90 Å². The first-order valence-electron chi connectivity index (χ1n) is 6.90. The Bertz CT molecular complexity index is 432. The highest BCUT2D eigenvalue weighted by molar-refractivity contribution is 9.10. The van der Waals surface area contributed by atoms with Crippen molar-refractivity contribution in [2.45, 2.75) is 32.9 Å². The standard InChI is InChI=1S/C15H24BrN3/c1-15(2,3)19-8-6-18(7-9-19)14-5-4-12(11-17)10-13(14)16/h4-5,10H,6-9,11,17H2,1-3H3. The molecule has 1 aromatic rings. The minimum Gasteiger partial charge on any atom is -0.368 e. The van der Waals surface area contributed by atoms with E-state index < -0.39 is 0 Å². The van der Waals surface area contributed by atoms with Crippen LogP contribution in [0, 0.1) is 0 Å². The lowest BCUT2D eigenvalue weighted by molar-refractivity contribution is 0.128. The maximum absolute atomic E-state index is 5.67. The summed E-state index contributed by atoms with van der Waals surface area (Å²) in [6, 6.07) is 6.43. The Balaban J connectivity index is 2.06. The van der Waals surface area contributed by atoms with Crippen molar-refractivity contribution in [2.75, 3.05) is 31.1 Å². The number of benzene rings is 1. The predicted molar refractivity (Wildman–Crippen MR) is 85.6 cm³/mol. The molecule has 0 bridgehead atoms. The molecule has 0 aromatic heterocycles. The van der Waals surface area contributed by atoms with E-state index in [0.29, 0.717) is 6.54 Å². The summed E-state index contributed by atoms with van der Waals surface area (Å²) in [4.78, 5) is 5.00. The second kappa shape index (κ2) is 5.81. The molecule has 0 amide bonds.